The van der Waals surface area contributed by atoms with Gasteiger partial charge in [-0.25, -0.2) is 4.79 Å². The van der Waals surface area contributed by atoms with Crippen molar-refractivity contribution in [2.75, 3.05) is 13.7 Å². The number of ether oxygens (including phenoxy) is 2. The molecule has 1 aromatic carbocycles. The Balaban J connectivity index is 2.84. The summed E-state index contributed by atoms with van der Waals surface area (Å²) >= 11 is 0. The summed E-state index contributed by atoms with van der Waals surface area (Å²) in [5.41, 5.74) is 0.116. The number of methoxy groups -OCH3 is 1. The Labute approximate surface area is 106 Å². The van der Waals surface area contributed by atoms with Crippen LogP contribution in [0.2, 0.25) is 0 Å². The van der Waals surface area contributed by atoms with Crippen LogP contribution >= 0.6 is 0 Å². The van der Waals surface area contributed by atoms with Crippen LogP contribution < -0.4 is 9.47 Å². The van der Waals surface area contributed by atoms with Crippen LogP contribution in [-0.4, -0.2) is 36.0 Å². The van der Waals surface area contributed by atoms with E-state index in [2.05, 4.69) is 0 Å². The average molecular weight is 254 g/mol. The van der Waals surface area contributed by atoms with Gasteiger partial charge in [0.25, 0.3) is 0 Å². The van der Waals surface area contributed by atoms with Crippen LogP contribution in [0.15, 0.2) is 18.2 Å². The molecule has 0 aliphatic carbocycles. The fraction of sp³-hybridized carbons (Fsp3) is 0.462. The van der Waals surface area contributed by atoms with Gasteiger partial charge in [0.15, 0.2) is 11.5 Å². The summed E-state index contributed by atoms with van der Waals surface area (Å²) in [7, 11) is 1.47. The summed E-state index contributed by atoms with van der Waals surface area (Å²) in [5, 5.41) is 18.5. The van der Waals surface area contributed by atoms with Crippen molar-refractivity contribution in [1.29, 1.82) is 0 Å². The van der Waals surface area contributed by atoms with Crippen molar-refractivity contribution in [3.8, 4) is 11.5 Å². The summed E-state index contributed by atoms with van der Waals surface area (Å²) in [4.78, 5) is 10.9. The van der Waals surface area contributed by atoms with E-state index in [-0.39, 0.29) is 18.1 Å². The number of aromatic carboxylic acids is 1. The molecule has 2 N–H and O–H groups in total. The number of aliphatic hydroxyl groups excluding tert-OH is 1. The zero-order valence-electron chi connectivity index (χ0n) is 10.7. The molecule has 1 aromatic rings. The van der Waals surface area contributed by atoms with Crippen molar-refractivity contribution >= 4 is 5.97 Å². The quantitative estimate of drug-likeness (QED) is 0.809. The van der Waals surface area contributed by atoms with Gasteiger partial charge < -0.3 is 19.7 Å². The van der Waals surface area contributed by atoms with Crippen LogP contribution in [0.1, 0.15) is 24.2 Å². The van der Waals surface area contributed by atoms with Crippen molar-refractivity contribution in [3.63, 3.8) is 0 Å². The van der Waals surface area contributed by atoms with Crippen molar-refractivity contribution in [2.24, 2.45) is 5.92 Å². The molecule has 18 heavy (non-hydrogen) atoms. The van der Waals surface area contributed by atoms with Gasteiger partial charge in [-0.05, 0) is 24.1 Å². The molecule has 1 rings (SSSR count). The lowest BCUT2D eigenvalue weighted by atomic mass is 10.1. The van der Waals surface area contributed by atoms with E-state index in [0.29, 0.717) is 11.5 Å². The molecule has 0 saturated carbocycles. The van der Waals surface area contributed by atoms with Crippen molar-refractivity contribution in [1.82, 2.24) is 0 Å². The summed E-state index contributed by atoms with van der Waals surface area (Å²) in [6, 6.07) is 4.35. The second-order valence-corrected chi connectivity index (χ2v) is 4.29. The van der Waals surface area contributed by atoms with Gasteiger partial charge in [0, 0.05) is 0 Å². The number of aliphatic hydroxyl groups is 1. The number of hydrogen-bond donors (Lipinski definition) is 2. The molecule has 0 aliphatic heterocycles. The third-order valence-electron chi connectivity index (χ3n) is 2.59. The first-order chi connectivity index (χ1) is 8.45. The molecular weight excluding hydrogens is 236 g/mol. The monoisotopic (exact) mass is 254 g/mol. The normalized spacial score (nSPS) is 12.3. The minimum absolute atomic E-state index is 0.0682. The first-order valence-corrected chi connectivity index (χ1v) is 5.68. The van der Waals surface area contributed by atoms with E-state index in [1.807, 2.05) is 13.8 Å². The Hall–Kier alpha value is -1.75. The van der Waals surface area contributed by atoms with Gasteiger partial charge >= 0.3 is 5.97 Å². The number of carboxylic acid groups (broad SMARTS) is 1. The zero-order chi connectivity index (χ0) is 13.7. The first-order valence-electron chi connectivity index (χ1n) is 5.68. The highest BCUT2D eigenvalue weighted by atomic mass is 16.5. The topological polar surface area (TPSA) is 76.0 Å². The number of rotatable bonds is 6. The van der Waals surface area contributed by atoms with E-state index < -0.39 is 12.1 Å². The van der Waals surface area contributed by atoms with Gasteiger partial charge in [-0.15, -0.1) is 0 Å². The van der Waals surface area contributed by atoms with Gasteiger partial charge in [0.2, 0.25) is 0 Å². The van der Waals surface area contributed by atoms with E-state index in [0.717, 1.165) is 0 Å². The standard InChI is InChI=1S/C13H18O5/c1-8(2)10(14)7-18-12-6-9(13(15)16)4-5-11(12)17-3/h4-6,8,10,14H,7H2,1-3H3,(H,15,16). The minimum atomic E-state index is -1.04. The smallest absolute Gasteiger partial charge is 0.335 e. The maximum atomic E-state index is 10.9. The van der Waals surface area contributed by atoms with Gasteiger partial charge in [-0.3, -0.25) is 0 Å². The van der Waals surface area contributed by atoms with Crippen molar-refractivity contribution in [3.05, 3.63) is 23.8 Å². The second kappa shape index (κ2) is 6.26. The fourth-order valence-electron chi connectivity index (χ4n) is 1.29. The van der Waals surface area contributed by atoms with Crippen molar-refractivity contribution < 1.29 is 24.5 Å². The predicted molar refractivity (Wildman–Crippen MR) is 66.3 cm³/mol. The molecule has 5 nitrogen and oxygen atoms in total. The van der Waals surface area contributed by atoms with Gasteiger partial charge in [0.1, 0.15) is 6.61 Å². The Bertz CT molecular complexity index is 414. The van der Waals surface area contributed by atoms with E-state index in [1.54, 1.807) is 0 Å². The molecule has 0 heterocycles. The molecule has 0 radical (unpaired) electrons. The Morgan fingerprint density at radius 3 is 2.50 bits per heavy atom. The highest BCUT2D eigenvalue weighted by molar-refractivity contribution is 5.88. The van der Waals surface area contributed by atoms with E-state index >= 15 is 0 Å². The Kier molecular flexibility index (Phi) is 4.97. The second-order valence-electron chi connectivity index (χ2n) is 4.29. The van der Waals surface area contributed by atoms with E-state index in [9.17, 15) is 9.90 Å². The molecule has 5 heteroatoms. The predicted octanol–water partition coefficient (Wildman–Crippen LogP) is 1.79. The summed E-state index contributed by atoms with van der Waals surface area (Å²) in [6.45, 7) is 3.84. The molecule has 0 fully saturated rings. The summed E-state index contributed by atoms with van der Waals surface area (Å²) < 4.78 is 10.5. The fourth-order valence-corrected chi connectivity index (χ4v) is 1.29. The van der Waals surface area contributed by atoms with E-state index in [1.165, 1.54) is 25.3 Å². The molecule has 1 unspecified atom stereocenters. The molecule has 1 atom stereocenters. The number of carbonyl (C=O) groups is 1. The van der Waals surface area contributed by atoms with Crippen LogP contribution in [-0.2, 0) is 0 Å². The maximum absolute atomic E-state index is 10.9. The number of hydrogen-bond acceptors (Lipinski definition) is 4. The zero-order valence-corrected chi connectivity index (χ0v) is 10.7. The summed E-state index contributed by atoms with van der Waals surface area (Å²) in [6.07, 6.45) is -0.608. The SMILES string of the molecule is COc1ccc(C(=O)O)cc1OCC(O)C(C)C. The first kappa shape index (κ1) is 14.3. The minimum Gasteiger partial charge on any atom is -0.493 e. The van der Waals surface area contributed by atoms with Gasteiger partial charge in [-0.1, -0.05) is 13.8 Å². The lowest BCUT2D eigenvalue weighted by Gasteiger charge is -2.17. The van der Waals surface area contributed by atoms with Crippen LogP contribution in [0.5, 0.6) is 11.5 Å². The van der Waals surface area contributed by atoms with Crippen LogP contribution in [0.25, 0.3) is 0 Å². The molecule has 0 aliphatic rings. The Morgan fingerprint density at radius 2 is 2.00 bits per heavy atom. The van der Waals surface area contributed by atoms with Crippen LogP contribution in [0, 0.1) is 5.92 Å². The van der Waals surface area contributed by atoms with Crippen LogP contribution in [0.3, 0.4) is 0 Å². The molecule has 0 amide bonds. The lowest BCUT2D eigenvalue weighted by Crippen LogP contribution is -2.23. The average Bonchev–Trinajstić information content (AvgIpc) is 2.35. The highest BCUT2D eigenvalue weighted by Gasteiger charge is 2.14. The molecule has 0 aromatic heterocycles. The molecule has 0 saturated heterocycles. The number of carboxylic acids is 1. The largest absolute Gasteiger partial charge is 0.493 e. The molecule has 0 spiro atoms. The third-order valence-corrected chi connectivity index (χ3v) is 2.59. The molecule has 0 bridgehead atoms. The van der Waals surface area contributed by atoms with Gasteiger partial charge in [0.05, 0.1) is 18.8 Å². The van der Waals surface area contributed by atoms with Gasteiger partial charge in [-0.2, -0.15) is 0 Å². The highest BCUT2D eigenvalue weighted by Crippen LogP contribution is 2.28. The molecule has 100 valence electrons. The Morgan fingerprint density at radius 1 is 1.33 bits per heavy atom. The van der Waals surface area contributed by atoms with Crippen LogP contribution in [0.4, 0.5) is 0 Å². The summed E-state index contributed by atoms with van der Waals surface area (Å²) in [5.74, 6) is -0.210. The lowest BCUT2D eigenvalue weighted by molar-refractivity contribution is 0.0677. The number of benzene rings is 1. The molecular formula is C13H18O5. The third kappa shape index (κ3) is 3.63. The van der Waals surface area contributed by atoms with Crippen molar-refractivity contribution in [2.45, 2.75) is 20.0 Å². The van der Waals surface area contributed by atoms with E-state index in [4.69, 9.17) is 14.6 Å². The maximum Gasteiger partial charge on any atom is 0.335 e.